The predicted molar refractivity (Wildman–Crippen MR) is 131 cm³/mol. The van der Waals surface area contributed by atoms with Crippen LogP contribution in [0, 0.1) is 0 Å². The van der Waals surface area contributed by atoms with Gasteiger partial charge in [-0.2, -0.15) is 5.10 Å². The van der Waals surface area contributed by atoms with Crippen molar-refractivity contribution in [3.63, 3.8) is 0 Å². The van der Waals surface area contributed by atoms with Gasteiger partial charge in [-0.15, -0.1) is 0 Å². The van der Waals surface area contributed by atoms with E-state index in [1.807, 2.05) is 66.9 Å². The summed E-state index contributed by atoms with van der Waals surface area (Å²) in [5.74, 6) is -0.961. The molecule has 2 aromatic heterocycles. The molecule has 176 valence electrons. The normalized spacial score (nSPS) is 12.8. The Balaban J connectivity index is 1.36. The van der Waals surface area contributed by atoms with Crippen LogP contribution in [0.1, 0.15) is 44.7 Å². The van der Waals surface area contributed by atoms with Gasteiger partial charge < -0.3 is 15.2 Å². The van der Waals surface area contributed by atoms with E-state index in [1.165, 1.54) is 12.4 Å². The van der Waals surface area contributed by atoms with Crippen LogP contribution in [0.4, 0.5) is 0 Å². The van der Waals surface area contributed by atoms with E-state index in [0.29, 0.717) is 6.54 Å². The van der Waals surface area contributed by atoms with Crippen molar-refractivity contribution in [1.29, 1.82) is 0 Å². The highest BCUT2D eigenvalue weighted by Crippen LogP contribution is 2.19. The van der Waals surface area contributed by atoms with Crippen LogP contribution in [0.25, 0.3) is 5.69 Å². The molecule has 1 saturated carbocycles. The van der Waals surface area contributed by atoms with Crippen LogP contribution < -0.4 is 16.1 Å². The third-order valence-corrected chi connectivity index (χ3v) is 5.85. The van der Waals surface area contributed by atoms with Crippen LogP contribution >= 0.6 is 0 Å². The second-order valence-corrected chi connectivity index (χ2v) is 8.62. The van der Waals surface area contributed by atoms with Crippen LogP contribution in [0.5, 0.6) is 0 Å². The highest BCUT2D eigenvalue weighted by Gasteiger charge is 2.26. The summed E-state index contributed by atoms with van der Waals surface area (Å²) >= 11 is 0. The van der Waals surface area contributed by atoms with E-state index < -0.39 is 17.2 Å². The molecule has 0 radical (unpaired) electrons. The third-order valence-electron chi connectivity index (χ3n) is 5.85. The summed E-state index contributed by atoms with van der Waals surface area (Å²) in [5.41, 5.74) is 2.12. The first-order valence-corrected chi connectivity index (χ1v) is 11.5. The Morgan fingerprint density at radius 2 is 1.60 bits per heavy atom. The molecule has 8 nitrogen and oxygen atoms in total. The summed E-state index contributed by atoms with van der Waals surface area (Å²) in [6, 6.07) is 19.2. The fourth-order valence-corrected chi connectivity index (χ4v) is 3.80. The number of benzene rings is 2. The summed E-state index contributed by atoms with van der Waals surface area (Å²) in [6.07, 6.45) is 8.41. The maximum atomic E-state index is 13.1. The molecule has 0 unspecified atom stereocenters. The van der Waals surface area contributed by atoms with E-state index in [9.17, 15) is 14.4 Å². The van der Waals surface area contributed by atoms with E-state index in [1.54, 1.807) is 15.4 Å². The standard InChI is InChI=1S/C27H25N5O3/c33-25-23(26(34)28-15-19-7-11-22(12-8-19)32-14-4-13-29-32)17-31(16-20-5-2-1-3-6-20)18-24(25)27(35)30-21-9-10-21/h1-8,11-14,17-18,21H,9-10,15-16H2,(H,28,34)(H,30,35). The van der Waals surface area contributed by atoms with Gasteiger partial charge in [0, 0.05) is 43.9 Å². The summed E-state index contributed by atoms with van der Waals surface area (Å²) in [5, 5.41) is 9.87. The molecule has 2 N–H and O–H groups in total. The average Bonchev–Trinajstić information content (AvgIpc) is 3.52. The first kappa shape index (κ1) is 22.3. The molecule has 1 fully saturated rings. The summed E-state index contributed by atoms with van der Waals surface area (Å²) in [6.45, 7) is 0.675. The molecule has 2 amide bonds. The summed E-state index contributed by atoms with van der Waals surface area (Å²) in [4.78, 5) is 38.9. The molecule has 1 aliphatic rings. The lowest BCUT2D eigenvalue weighted by Gasteiger charge is -2.13. The molecule has 8 heteroatoms. The van der Waals surface area contributed by atoms with Gasteiger partial charge in [0.15, 0.2) is 0 Å². The first-order valence-electron chi connectivity index (χ1n) is 11.5. The SMILES string of the molecule is O=C(NCc1ccc(-n2cccn2)cc1)c1cn(Cc2ccccc2)cc(C(=O)NC2CC2)c1=O. The molecule has 1 aliphatic carbocycles. The zero-order valence-corrected chi connectivity index (χ0v) is 19.1. The number of hydrogen-bond acceptors (Lipinski definition) is 4. The van der Waals surface area contributed by atoms with Gasteiger partial charge in [-0.05, 0) is 42.2 Å². The number of aromatic nitrogens is 3. The summed E-state index contributed by atoms with van der Waals surface area (Å²) < 4.78 is 3.46. The Labute approximate surface area is 202 Å². The molecule has 2 heterocycles. The molecule has 0 atom stereocenters. The monoisotopic (exact) mass is 467 g/mol. The molecule has 0 saturated heterocycles. The lowest BCUT2D eigenvalue weighted by molar-refractivity contribution is 0.0948. The number of amides is 2. The molecule has 0 spiro atoms. The van der Waals surface area contributed by atoms with Crippen molar-refractivity contribution in [2.45, 2.75) is 32.0 Å². The van der Waals surface area contributed by atoms with E-state index in [2.05, 4.69) is 15.7 Å². The Morgan fingerprint density at radius 1 is 0.886 bits per heavy atom. The smallest absolute Gasteiger partial charge is 0.257 e. The van der Waals surface area contributed by atoms with Gasteiger partial charge >= 0.3 is 0 Å². The lowest BCUT2D eigenvalue weighted by Crippen LogP contribution is -2.36. The second-order valence-electron chi connectivity index (χ2n) is 8.62. The second kappa shape index (κ2) is 9.80. The van der Waals surface area contributed by atoms with Gasteiger partial charge in [0.1, 0.15) is 11.1 Å². The van der Waals surface area contributed by atoms with Gasteiger partial charge in [0.25, 0.3) is 11.8 Å². The molecule has 2 aromatic carbocycles. The molecular formula is C27H25N5O3. The van der Waals surface area contributed by atoms with Crippen LogP contribution in [0.3, 0.4) is 0 Å². The fourth-order valence-electron chi connectivity index (χ4n) is 3.80. The van der Waals surface area contributed by atoms with Crippen LogP contribution in [-0.4, -0.2) is 32.2 Å². The molecule has 0 aliphatic heterocycles. The minimum atomic E-state index is -0.570. The highest BCUT2D eigenvalue weighted by molar-refractivity contribution is 5.99. The van der Waals surface area contributed by atoms with Gasteiger partial charge in [0.2, 0.25) is 5.43 Å². The number of nitrogens with one attached hydrogen (secondary N) is 2. The van der Waals surface area contributed by atoms with Crippen LogP contribution in [-0.2, 0) is 13.1 Å². The number of carbonyl (C=O) groups excluding carboxylic acids is 2. The Morgan fingerprint density at radius 3 is 2.26 bits per heavy atom. The van der Waals surface area contributed by atoms with Gasteiger partial charge in [-0.1, -0.05) is 42.5 Å². The number of hydrogen-bond donors (Lipinski definition) is 2. The fraction of sp³-hybridized carbons (Fsp3) is 0.185. The summed E-state index contributed by atoms with van der Waals surface area (Å²) in [7, 11) is 0. The van der Waals surface area contributed by atoms with E-state index in [-0.39, 0.29) is 23.7 Å². The molecule has 35 heavy (non-hydrogen) atoms. The zero-order valence-electron chi connectivity index (χ0n) is 19.1. The number of nitrogens with zero attached hydrogens (tertiary/aromatic N) is 3. The van der Waals surface area contributed by atoms with Crippen molar-refractivity contribution in [3.05, 3.63) is 118 Å². The zero-order chi connectivity index (χ0) is 24.2. The van der Waals surface area contributed by atoms with Crippen molar-refractivity contribution >= 4 is 11.8 Å². The van der Waals surface area contributed by atoms with Gasteiger partial charge in [-0.3, -0.25) is 14.4 Å². The van der Waals surface area contributed by atoms with E-state index in [4.69, 9.17) is 0 Å². The van der Waals surface area contributed by atoms with E-state index in [0.717, 1.165) is 29.7 Å². The van der Waals surface area contributed by atoms with Crippen LogP contribution in [0.2, 0.25) is 0 Å². The number of rotatable bonds is 8. The minimum Gasteiger partial charge on any atom is -0.349 e. The predicted octanol–water partition coefficient (Wildman–Crippen LogP) is 2.90. The van der Waals surface area contributed by atoms with Gasteiger partial charge in [0.05, 0.1) is 5.69 Å². The quantitative estimate of drug-likeness (QED) is 0.416. The van der Waals surface area contributed by atoms with Gasteiger partial charge in [-0.25, -0.2) is 4.68 Å². The topological polar surface area (TPSA) is 98.0 Å². The Kier molecular flexibility index (Phi) is 6.26. The van der Waals surface area contributed by atoms with Crippen molar-refractivity contribution in [2.24, 2.45) is 0 Å². The van der Waals surface area contributed by atoms with E-state index >= 15 is 0 Å². The van der Waals surface area contributed by atoms with Crippen molar-refractivity contribution in [3.8, 4) is 5.69 Å². The van der Waals surface area contributed by atoms with Crippen molar-refractivity contribution in [2.75, 3.05) is 0 Å². The molecule has 5 rings (SSSR count). The minimum absolute atomic E-state index is 0.0240. The first-order chi connectivity index (χ1) is 17.1. The molecular weight excluding hydrogens is 442 g/mol. The maximum absolute atomic E-state index is 13.1. The van der Waals surface area contributed by atoms with Crippen molar-refractivity contribution in [1.82, 2.24) is 25.0 Å². The number of pyridine rings is 1. The third kappa shape index (κ3) is 5.38. The maximum Gasteiger partial charge on any atom is 0.257 e. The largest absolute Gasteiger partial charge is 0.349 e. The molecule has 0 bridgehead atoms. The lowest BCUT2D eigenvalue weighted by atomic mass is 10.1. The average molecular weight is 468 g/mol. The van der Waals surface area contributed by atoms with Crippen LogP contribution in [0.15, 0.2) is 90.2 Å². The number of carbonyl (C=O) groups is 2. The Hall–Kier alpha value is -4.46. The van der Waals surface area contributed by atoms with Crippen molar-refractivity contribution < 1.29 is 9.59 Å². The Bertz CT molecular complexity index is 1390. The highest BCUT2D eigenvalue weighted by atomic mass is 16.2. The molecule has 4 aromatic rings.